The van der Waals surface area contributed by atoms with E-state index in [9.17, 15) is 9.90 Å². The van der Waals surface area contributed by atoms with E-state index >= 15 is 0 Å². The van der Waals surface area contributed by atoms with Crippen molar-refractivity contribution in [3.8, 4) is 0 Å². The second-order valence-electron chi connectivity index (χ2n) is 5.25. The fourth-order valence-electron chi connectivity index (χ4n) is 2.58. The third-order valence-corrected chi connectivity index (χ3v) is 3.81. The fourth-order valence-corrected chi connectivity index (χ4v) is 2.58. The number of carbonyl (C=O) groups excluding carboxylic acids is 1. The number of rotatable bonds is 3. The Morgan fingerprint density at radius 2 is 2.16 bits per heavy atom. The number of hydrogen-bond donors (Lipinski definition) is 2. The van der Waals surface area contributed by atoms with E-state index in [1.807, 2.05) is 31.2 Å². The van der Waals surface area contributed by atoms with E-state index in [4.69, 9.17) is 4.42 Å². The van der Waals surface area contributed by atoms with Crippen LogP contribution in [0.25, 0.3) is 11.0 Å². The van der Waals surface area contributed by atoms with Crippen LogP contribution in [0.15, 0.2) is 28.7 Å². The number of aliphatic hydroxyl groups excluding tert-OH is 1. The van der Waals surface area contributed by atoms with Gasteiger partial charge in [-0.15, -0.1) is 0 Å². The highest BCUT2D eigenvalue weighted by Crippen LogP contribution is 2.27. The largest absolute Gasteiger partial charge is 0.451 e. The predicted molar refractivity (Wildman–Crippen MR) is 72.0 cm³/mol. The maximum atomic E-state index is 12.1. The number of furan rings is 1. The summed E-state index contributed by atoms with van der Waals surface area (Å²) in [7, 11) is 0. The van der Waals surface area contributed by atoms with Gasteiger partial charge in [-0.1, -0.05) is 18.2 Å². The highest BCUT2D eigenvalue weighted by molar-refractivity contribution is 5.98. The van der Waals surface area contributed by atoms with Crippen LogP contribution in [0.5, 0.6) is 0 Å². The lowest BCUT2D eigenvalue weighted by Crippen LogP contribution is -2.38. The Hall–Kier alpha value is -1.81. The summed E-state index contributed by atoms with van der Waals surface area (Å²) in [5.41, 5.74) is 1.62. The lowest BCUT2D eigenvalue weighted by Gasteiger charge is -2.31. The number of fused-ring (bicyclic) bond motifs is 1. The van der Waals surface area contributed by atoms with Crippen LogP contribution in [-0.2, 0) is 0 Å². The zero-order valence-electron chi connectivity index (χ0n) is 10.8. The average Bonchev–Trinajstić information content (AvgIpc) is 2.71. The molecule has 1 saturated carbocycles. The monoisotopic (exact) mass is 259 g/mol. The van der Waals surface area contributed by atoms with Gasteiger partial charge in [0.1, 0.15) is 5.58 Å². The minimum Gasteiger partial charge on any atom is -0.451 e. The van der Waals surface area contributed by atoms with Crippen LogP contribution >= 0.6 is 0 Å². The summed E-state index contributed by atoms with van der Waals surface area (Å²) in [6.07, 6.45) is 1.37. The summed E-state index contributed by atoms with van der Waals surface area (Å²) >= 11 is 0. The van der Waals surface area contributed by atoms with Crippen LogP contribution in [0.4, 0.5) is 0 Å². The van der Waals surface area contributed by atoms with Gasteiger partial charge in [0.15, 0.2) is 5.76 Å². The molecule has 1 aromatic carbocycles. The topological polar surface area (TPSA) is 62.5 Å². The Kier molecular flexibility index (Phi) is 3.03. The molecule has 1 aliphatic rings. The average molecular weight is 259 g/mol. The summed E-state index contributed by atoms with van der Waals surface area (Å²) in [4.78, 5) is 12.1. The number of aryl methyl sites for hydroxylation is 1. The molecule has 0 aliphatic heterocycles. The lowest BCUT2D eigenvalue weighted by molar-refractivity contribution is 0.0418. The van der Waals surface area contributed by atoms with Crippen LogP contribution in [0.2, 0.25) is 0 Å². The summed E-state index contributed by atoms with van der Waals surface area (Å²) in [5, 5.41) is 13.1. The molecule has 1 amide bonds. The molecule has 1 heterocycles. The van der Waals surface area contributed by atoms with E-state index in [0.717, 1.165) is 29.4 Å². The molecule has 0 atom stereocenters. The number of carbonyl (C=O) groups is 1. The van der Waals surface area contributed by atoms with Crippen molar-refractivity contribution in [1.29, 1.82) is 0 Å². The van der Waals surface area contributed by atoms with Crippen LogP contribution in [-0.4, -0.2) is 23.7 Å². The molecule has 3 rings (SSSR count). The predicted octanol–water partition coefficient (Wildman–Crippen LogP) is 2.24. The zero-order chi connectivity index (χ0) is 13.4. The van der Waals surface area contributed by atoms with Crippen molar-refractivity contribution < 1.29 is 14.3 Å². The van der Waals surface area contributed by atoms with Gasteiger partial charge in [0.05, 0.1) is 6.10 Å². The standard InChI is InChI=1S/C15H17NO3/c1-9-12-4-2-3-5-13(12)19-14(9)15(18)16-8-10-6-11(17)7-10/h2-5,10-11,17H,6-8H2,1H3,(H,16,18). The molecule has 19 heavy (non-hydrogen) atoms. The molecule has 0 bridgehead atoms. The van der Waals surface area contributed by atoms with E-state index < -0.39 is 0 Å². The number of aliphatic hydroxyl groups is 1. The van der Waals surface area contributed by atoms with Crippen molar-refractivity contribution in [3.05, 3.63) is 35.6 Å². The summed E-state index contributed by atoms with van der Waals surface area (Å²) in [6.45, 7) is 2.50. The van der Waals surface area contributed by atoms with Gasteiger partial charge in [-0.05, 0) is 31.7 Å². The van der Waals surface area contributed by atoms with Crippen molar-refractivity contribution in [3.63, 3.8) is 0 Å². The highest BCUT2D eigenvalue weighted by Gasteiger charge is 2.28. The van der Waals surface area contributed by atoms with Crippen molar-refractivity contribution in [2.24, 2.45) is 5.92 Å². The third kappa shape index (κ3) is 2.24. The van der Waals surface area contributed by atoms with Crippen LogP contribution < -0.4 is 5.32 Å². The Labute approximate surface area is 111 Å². The molecule has 0 unspecified atom stereocenters. The Morgan fingerprint density at radius 1 is 1.42 bits per heavy atom. The van der Waals surface area contributed by atoms with Gasteiger partial charge < -0.3 is 14.8 Å². The first kappa shape index (κ1) is 12.2. The van der Waals surface area contributed by atoms with Crippen molar-refractivity contribution >= 4 is 16.9 Å². The molecule has 1 aromatic heterocycles. The van der Waals surface area contributed by atoms with Gasteiger partial charge >= 0.3 is 0 Å². The highest BCUT2D eigenvalue weighted by atomic mass is 16.3. The van der Waals surface area contributed by atoms with E-state index in [1.54, 1.807) is 0 Å². The Balaban J connectivity index is 1.72. The first-order valence-electron chi connectivity index (χ1n) is 6.59. The lowest BCUT2D eigenvalue weighted by atomic mass is 9.82. The molecule has 1 fully saturated rings. The van der Waals surface area contributed by atoms with Crippen LogP contribution in [0, 0.1) is 12.8 Å². The number of benzene rings is 1. The van der Waals surface area contributed by atoms with Gasteiger partial charge in [-0.25, -0.2) is 0 Å². The quantitative estimate of drug-likeness (QED) is 0.888. The fraction of sp³-hybridized carbons (Fsp3) is 0.400. The summed E-state index contributed by atoms with van der Waals surface area (Å²) in [5.74, 6) is 0.611. The van der Waals surface area contributed by atoms with Crippen LogP contribution in [0.1, 0.15) is 29.0 Å². The van der Waals surface area contributed by atoms with Gasteiger partial charge in [-0.3, -0.25) is 4.79 Å². The molecular weight excluding hydrogens is 242 g/mol. The second kappa shape index (κ2) is 4.70. The zero-order valence-corrected chi connectivity index (χ0v) is 10.8. The molecule has 100 valence electrons. The van der Waals surface area contributed by atoms with Crippen LogP contribution in [0.3, 0.4) is 0 Å². The normalized spacial score (nSPS) is 22.2. The second-order valence-corrected chi connectivity index (χ2v) is 5.25. The number of amides is 1. The molecule has 1 aliphatic carbocycles. The van der Waals surface area contributed by atoms with E-state index in [2.05, 4.69) is 5.32 Å². The first-order valence-corrected chi connectivity index (χ1v) is 6.59. The summed E-state index contributed by atoms with van der Waals surface area (Å²) < 4.78 is 5.60. The van der Waals surface area contributed by atoms with E-state index in [1.165, 1.54) is 0 Å². The number of para-hydroxylation sites is 1. The van der Waals surface area contributed by atoms with Crippen molar-refractivity contribution in [1.82, 2.24) is 5.32 Å². The smallest absolute Gasteiger partial charge is 0.287 e. The maximum Gasteiger partial charge on any atom is 0.287 e. The van der Waals surface area contributed by atoms with Crippen molar-refractivity contribution in [2.75, 3.05) is 6.54 Å². The number of hydrogen-bond acceptors (Lipinski definition) is 3. The van der Waals surface area contributed by atoms with E-state index in [0.29, 0.717) is 18.2 Å². The van der Waals surface area contributed by atoms with Gasteiger partial charge in [0.2, 0.25) is 0 Å². The molecule has 0 radical (unpaired) electrons. The molecule has 0 saturated heterocycles. The molecule has 4 heteroatoms. The van der Waals surface area contributed by atoms with Gasteiger partial charge in [0.25, 0.3) is 5.91 Å². The SMILES string of the molecule is Cc1c(C(=O)NCC2CC(O)C2)oc2ccccc12. The maximum absolute atomic E-state index is 12.1. The third-order valence-electron chi connectivity index (χ3n) is 3.81. The van der Waals surface area contributed by atoms with Gasteiger partial charge in [0, 0.05) is 17.5 Å². The molecule has 2 aromatic rings. The molecule has 0 spiro atoms. The minimum absolute atomic E-state index is 0.171. The number of nitrogens with one attached hydrogen (secondary N) is 1. The van der Waals surface area contributed by atoms with Crippen molar-refractivity contribution in [2.45, 2.75) is 25.9 Å². The summed E-state index contributed by atoms with van der Waals surface area (Å²) in [6, 6.07) is 7.64. The first-order chi connectivity index (χ1) is 9.15. The molecule has 4 nitrogen and oxygen atoms in total. The Bertz CT molecular complexity index is 611. The molecule has 2 N–H and O–H groups in total. The van der Waals surface area contributed by atoms with Gasteiger partial charge in [-0.2, -0.15) is 0 Å². The molecular formula is C15H17NO3. The van der Waals surface area contributed by atoms with E-state index in [-0.39, 0.29) is 12.0 Å². The minimum atomic E-state index is -0.185. The Morgan fingerprint density at radius 3 is 2.84 bits per heavy atom.